The van der Waals surface area contributed by atoms with Crippen LogP contribution in [0.1, 0.15) is 12.6 Å². The lowest BCUT2D eigenvalue weighted by Gasteiger charge is -2.19. The van der Waals surface area contributed by atoms with Crippen LogP contribution in [0.3, 0.4) is 0 Å². The second kappa shape index (κ2) is 8.20. The normalized spacial score (nSPS) is 19.3. The largest absolute Gasteiger partial charge is 0.497 e. The molecule has 0 spiro atoms. The summed E-state index contributed by atoms with van der Waals surface area (Å²) in [5, 5.41) is 10.2. The maximum Gasteiger partial charge on any atom is 0.320 e. The minimum atomic E-state index is -0.320. The maximum atomic E-state index is 12.4. The van der Waals surface area contributed by atoms with E-state index in [0.29, 0.717) is 25.6 Å². The molecule has 26 heavy (non-hydrogen) atoms. The van der Waals surface area contributed by atoms with Gasteiger partial charge >= 0.3 is 6.03 Å². The summed E-state index contributed by atoms with van der Waals surface area (Å²) in [6.07, 6.45) is -0.126. The average Bonchev–Trinajstić information content (AvgIpc) is 3.21. The van der Waals surface area contributed by atoms with Gasteiger partial charge in [0.25, 0.3) is 0 Å². The molecule has 0 radical (unpaired) electrons. The number of methoxy groups -OCH3 is 1. The lowest BCUT2D eigenvalue weighted by Crippen LogP contribution is -2.45. The zero-order valence-electron chi connectivity index (χ0n) is 15.2. The van der Waals surface area contributed by atoms with Crippen molar-refractivity contribution in [2.45, 2.75) is 26.0 Å². The molecule has 3 rings (SSSR count). The van der Waals surface area contributed by atoms with Crippen LogP contribution in [0.5, 0.6) is 5.75 Å². The summed E-state index contributed by atoms with van der Waals surface area (Å²) in [7, 11) is 1.62. The number of aryl methyl sites for hydroxylation is 1. The van der Waals surface area contributed by atoms with Crippen molar-refractivity contribution >= 4 is 11.8 Å². The van der Waals surface area contributed by atoms with E-state index in [4.69, 9.17) is 14.2 Å². The van der Waals surface area contributed by atoms with Crippen molar-refractivity contribution in [1.82, 2.24) is 15.1 Å². The van der Waals surface area contributed by atoms with Crippen molar-refractivity contribution in [2.24, 2.45) is 0 Å². The van der Waals surface area contributed by atoms with Crippen molar-refractivity contribution in [3.63, 3.8) is 0 Å². The Bertz CT molecular complexity index is 744. The van der Waals surface area contributed by atoms with E-state index < -0.39 is 0 Å². The first-order valence-electron chi connectivity index (χ1n) is 8.58. The Morgan fingerprint density at radius 2 is 2.12 bits per heavy atom. The van der Waals surface area contributed by atoms with Gasteiger partial charge in [-0.25, -0.2) is 9.48 Å². The molecule has 1 aliphatic heterocycles. The Balaban J connectivity index is 1.70. The van der Waals surface area contributed by atoms with Gasteiger partial charge in [-0.2, -0.15) is 5.10 Å². The first kappa shape index (κ1) is 18.2. The van der Waals surface area contributed by atoms with E-state index in [1.54, 1.807) is 11.8 Å². The fourth-order valence-corrected chi connectivity index (χ4v) is 2.88. The molecule has 1 fully saturated rings. The number of rotatable bonds is 6. The number of amides is 2. The highest BCUT2D eigenvalue weighted by Crippen LogP contribution is 2.20. The summed E-state index contributed by atoms with van der Waals surface area (Å²) in [4.78, 5) is 12.4. The molecule has 1 aromatic carbocycles. The third-order valence-corrected chi connectivity index (χ3v) is 4.12. The third kappa shape index (κ3) is 4.14. The van der Waals surface area contributed by atoms with E-state index in [-0.39, 0.29) is 18.2 Å². The number of ether oxygens (including phenoxy) is 3. The summed E-state index contributed by atoms with van der Waals surface area (Å²) in [5.74, 6) is 1.34. The predicted molar refractivity (Wildman–Crippen MR) is 97.0 cm³/mol. The standard InChI is InChI=1S/C18H24N4O4/c1-4-26-16-11-25-10-15(16)19-18(23)20-17-9-12(2)21-22(17)13-5-7-14(24-3)8-6-13/h5-9,15-16H,4,10-11H2,1-3H3,(H2,19,20,23)/t15-,16-/m1/s1. The Morgan fingerprint density at radius 1 is 1.35 bits per heavy atom. The summed E-state index contributed by atoms with van der Waals surface area (Å²) in [6.45, 7) is 5.30. The van der Waals surface area contributed by atoms with Crippen LogP contribution in [0, 0.1) is 6.92 Å². The molecule has 2 aromatic rings. The highest BCUT2D eigenvalue weighted by Gasteiger charge is 2.30. The minimum absolute atomic E-state index is 0.126. The molecule has 0 unspecified atom stereocenters. The zero-order valence-corrected chi connectivity index (χ0v) is 15.2. The van der Waals surface area contributed by atoms with Crippen molar-refractivity contribution in [1.29, 1.82) is 0 Å². The molecule has 140 valence electrons. The lowest BCUT2D eigenvalue weighted by molar-refractivity contribution is 0.0428. The van der Waals surface area contributed by atoms with Crippen molar-refractivity contribution in [2.75, 3.05) is 32.2 Å². The molecular weight excluding hydrogens is 336 g/mol. The van der Waals surface area contributed by atoms with E-state index in [1.165, 1.54) is 0 Å². The molecule has 1 aromatic heterocycles. The SMILES string of the molecule is CCO[C@@H]1COC[C@H]1NC(=O)Nc1cc(C)nn1-c1ccc(OC)cc1. The quantitative estimate of drug-likeness (QED) is 0.824. The highest BCUT2D eigenvalue weighted by molar-refractivity contribution is 5.89. The van der Waals surface area contributed by atoms with E-state index in [0.717, 1.165) is 17.1 Å². The minimum Gasteiger partial charge on any atom is -0.497 e. The van der Waals surface area contributed by atoms with Crippen LogP contribution in [-0.4, -0.2) is 54.9 Å². The molecule has 0 saturated carbocycles. The highest BCUT2D eigenvalue weighted by atomic mass is 16.5. The van der Waals surface area contributed by atoms with Gasteiger partial charge < -0.3 is 19.5 Å². The average molecular weight is 360 g/mol. The molecule has 2 atom stereocenters. The lowest BCUT2D eigenvalue weighted by atomic mass is 10.2. The van der Waals surface area contributed by atoms with Crippen LogP contribution in [-0.2, 0) is 9.47 Å². The molecule has 2 amide bonds. The molecule has 2 N–H and O–H groups in total. The fourth-order valence-electron chi connectivity index (χ4n) is 2.88. The summed E-state index contributed by atoms with van der Waals surface area (Å²) < 4.78 is 17.8. The Labute approximate surface area is 152 Å². The summed E-state index contributed by atoms with van der Waals surface area (Å²) >= 11 is 0. The molecule has 2 heterocycles. The first-order chi connectivity index (χ1) is 12.6. The Hall–Kier alpha value is -2.58. The molecule has 8 heteroatoms. The topological polar surface area (TPSA) is 86.6 Å². The van der Waals surface area contributed by atoms with Crippen LogP contribution in [0.2, 0.25) is 0 Å². The number of nitrogens with one attached hydrogen (secondary N) is 2. The number of carbonyl (C=O) groups is 1. The second-order valence-electron chi connectivity index (χ2n) is 6.02. The summed E-state index contributed by atoms with van der Waals surface area (Å²) in [6, 6.07) is 8.77. The Morgan fingerprint density at radius 3 is 2.81 bits per heavy atom. The van der Waals surface area contributed by atoms with Gasteiger partial charge in [0.1, 0.15) is 17.7 Å². The van der Waals surface area contributed by atoms with Crippen molar-refractivity contribution < 1.29 is 19.0 Å². The molecule has 0 bridgehead atoms. The molecule has 0 aliphatic carbocycles. The van der Waals surface area contributed by atoms with Crippen molar-refractivity contribution in [3.05, 3.63) is 36.0 Å². The molecule has 1 saturated heterocycles. The molecule has 1 aliphatic rings. The van der Waals surface area contributed by atoms with Crippen LogP contribution < -0.4 is 15.4 Å². The number of hydrogen-bond acceptors (Lipinski definition) is 5. The van der Waals surface area contributed by atoms with Crippen LogP contribution in [0.25, 0.3) is 5.69 Å². The van der Waals surface area contributed by atoms with E-state index in [2.05, 4.69) is 15.7 Å². The zero-order chi connectivity index (χ0) is 18.5. The smallest absolute Gasteiger partial charge is 0.320 e. The number of hydrogen-bond donors (Lipinski definition) is 2. The van der Waals surface area contributed by atoms with Crippen LogP contribution in [0.4, 0.5) is 10.6 Å². The van der Waals surface area contributed by atoms with E-state index in [1.807, 2.05) is 44.2 Å². The fraction of sp³-hybridized carbons (Fsp3) is 0.444. The van der Waals surface area contributed by atoms with Gasteiger partial charge in [-0.05, 0) is 38.1 Å². The Kier molecular flexibility index (Phi) is 5.75. The maximum absolute atomic E-state index is 12.4. The van der Waals surface area contributed by atoms with Crippen LogP contribution in [0.15, 0.2) is 30.3 Å². The van der Waals surface area contributed by atoms with Gasteiger partial charge in [-0.15, -0.1) is 0 Å². The van der Waals surface area contributed by atoms with Crippen LogP contribution >= 0.6 is 0 Å². The van der Waals surface area contributed by atoms with E-state index >= 15 is 0 Å². The van der Waals surface area contributed by atoms with Gasteiger partial charge in [0.15, 0.2) is 0 Å². The number of carbonyl (C=O) groups excluding carboxylic acids is 1. The number of nitrogens with zero attached hydrogens (tertiary/aromatic N) is 2. The number of urea groups is 1. The third-order valence-electron chi connectivity index (χ3n) is 4.12. The van der Waals surface area contributed by atoms with Crippen molar-refractivity contribution in [3.8, 4) is 11.4 Å². The van der Waals surface area contributed by atoms with Gasteiger partial charge in [0.2, 0.25) is 0 Å². The molecular formula is C18H24N4O4. The monoisotopic (exact) mass is 360 g/mol. The van der Waals surface area contributed by atoms with Gasteiger partial charge in [-0.1, -0.05) is 0 Å². The van der Waals surface area contributed by atoms with Gasteiger partial charge in [-0.3, -0.25) is 5.32 Å². The number of aromatic nitrogens is 2. The summed E-state index contributed by atoms with van der Waals surface area (Å²) in [5.41, 5.74) is 1.62. The van der Waals surface area contributed by atoms with Gasteiger partial charge in [0.05, 0.1) is 37.7 Å². The number of benzene rings is 1. The second-order valence-corrected chi connectivity index (χ2v) is 6.02. The number of anilines is 1. The molecule has 8 nitrogen and oxygen atoms in total. The van der Waals surface area contributed by atoms with Gasteiger partial charge in [0, 0.05) is 12.7 Å². The van der Waals surface area contributed by atoms with E-state index in [9.17, 15) is 4.79 Å². The predicted octanol–water partition coefficient (Wildman–Crippen LogP) is 2.11. The first-order valence-corrected chi connectivity index (χ1v) is 8.58.